The van der Waals surface area contributed by atoms with Crippen molar-refractivity contribution in [3.05, 3.63) is 27.6 Å². The van der Waals surface area contributed by atoms with Crippen molar-refractivity contribution in [2.75, 3.05) is 6.61 Å². The monoisotopic (exact) mass is 360 g/mol. The van der Waals surface area contributed by atoms with Crippen molar-refractivity contribution in [1.29, 1.82) is 0 Å². The predicted molar refractivity (Wildman–Crippen MR) is 86.2 cm³/mol. The van der Waals surface area contributed by atoms with Crippen LogP contribution in [0.15, 0.2) is 12.3 Å². The number of rotatable bonds is 2. The first-order chi connectivity index (χ1) is 11.4. The van der Waals surface area contributed by atoms with E-state index in [0.717, 1.165) is 11.1 Å². The summed E-state index contributed by atoms with van der Waals surface area (Å²) in [6, 6.07) is 1.49. The molecule has 3 rings (SSSR count). The van der Waals surface area contributed by atoms with Gasteiger partial charge in [-0.2, -0.15) is 18.3 Å². The Labute approximate surface area is 142 Å². The molecule has 0 saturated carbocycles. The van der Waals surface area contributed by atoms with Gasteiger partial charge in [-0.05, 0) is 25.8 Å². The molecule has 0 aromatic carbocycles. The summed E-state index contributed by atoms with van der Waals surface area (Å²) in [7, 11) is 0. The van der Waals surface area contributed by atoms with E-state index in [1.807, 2.05) is 13.8 Å². The Morgan fingerprint density at radius 1 is 1.42 bits per heavy atom. The number of hydrogen-bond donors (Lipinski definition) is 0. The van der Waals surface area contributed by atoms with Gasteiger partial charge in [0.15, 0.2) is 0 Å². The molecule has 3 heterocycles. The standard InChI is InChI=1S/C14H13F3N2O2S.C2H6/c1-2-21-13(20)11-6-8-10(22-11)4-3-5-19-12(8)9(7-18-19)14(15,16)17;1-2/h6-7H,2-5H2,1H3;1-2H3. The van der Waals surface area contributed by atoms with Gasteiger partial charge in [-0.15, -0.1) is 11.3 Å². The molecule has 8 heteroatoms. The summed E-state index contributed by atoms with van der Waals surface area (Å²) in [5, 5.41) is 3.86. The number of esters is 1. The fraction of sp³-hybridized carbons (Fsp3) is 0.500. The van der Waals surface area contributed by atoms with E-state index >= 15 is 0 Å². The van der Waals surface area contributed by atoms with Gasteiger partial charge in [0.1, 0.15) is 10.4 Å². The maximum absolute atomic E-state index is 13.2. The number of fused-ring (bicyclic) bond motifs is 3. The van der Waals surface area contributed by atoms with Gasteiger partial charge in [0.2, 0.25) is 0 Å². The van der Waals surface area contributed by atoms with Gasteiger partial charge in [-0.1, -0.05) is 13.8 Å². The fourth-order valence-electron chi connectivity index (χ4n) is 2.55. The molecule has 2 aromatic heterocycles. The van der Waals surface area contributed by atoms with Crippen molar-refractivity contribution in [2.45, 2.75) is 46.3 Å². The molecule has 24 heavy (non-hydrogen) atoms. The van der Waals surface area contributed by atoms with E-state index in [9.17, 15) is 18.0 Å². The molecule has 1 aliphatic heterocycles. The lowest BCUT2D eigenvalue weighted by Gasteiger charge is -2.09. The molecule has 4 nitrogen and oxygen atoms in total. The molecule has 0 atom stereocenters. The number of carbonyl (C=O) groups excluding carboxylic acids is 1. The lowest BCUT2D eigenvalue weighted by Crippen LogP contribution is -2.07. The average molecular weight is 360 g/mol. The summed E-state index contributed by atoms with van der Waals surface area (Å²) in [5.74, 6) is -0.500. The van der Waals surface area contributed by atoms with E-state index in [0.29, 0.717) is 29.8 Å². The zero-order chi connectivity index (χ0) is 17.9. The number of halogens is 3. The smallest absolute Gasteiger partial charge is 0.420 e. The van der Waals surface area contributed by atoms with E-state index in [1.54, 1.807) is 6.92 Å². The summed E-state index contributed by atoms with van der Waals surface area (Å²) >= 11 is 1.20. The van der Waals surface area contributed by atoms with Gasteiger partial charge in [0.25, 0.3) is 0 Å². The van der Waals surface area contributed by atoms with Crippen LogP contribution in [0.4, 0.5) is 13.2 Å². The first-order valence-electron chi connectivity index (χ1n) is 7.85. The number of alkyl halides is 3. The minimum Gasteiger partial charge on any atom is -0.462 e. The van der Waals surface area contributed by atoms with Gasteiger partial charge in [-0.25, -0.2) is 4.79 Å². The van der Waals surface area contributed by atoms with Crippen molar-refractivity contribution in [3.63, 3.8) is 0 Å². The number of aryl methyl sites for hydroxylation is 2. The number of carbonyl (C=O) groups is 1. The third kappa shape index (κ3) is 3.48. The average Bonchev–Trinajstić information content (AvgIpc) is 3.10. The van der Waals surface area contributed by atoms with Crippen LogP contribution in [0.2, 0.25) is 0 Å². The van der Waals surface area contributed by atoms with Crippen LogP contribution in [0.1, 0.15) is 47.3 Å². The highest BCUT2D eigenvalue weighted by molar-refractivity contribution is 7.14. The first-order valence-corrected chi connectivity index (χ1v) is 8.66. The highest BCUT2D eigenvalue weighted by Gasteiger charge is 2.38. The van der Waals surface area contributed by atoms with Crippen molar-refractivity contribution in [2.24, 2.45) is 0 Å². The maximum Gasteiger partial charge on any atom is 0.420 e. The van der Waals surface area contributed by atoms with Crippen LogP contribution >= 0.6 is 11.3 Å². The number of nitrogens with zero attached hydrogens (tertiary/aromatic N) is 2. The molecule has 0 unspecified atom stereocenters. The van der Waals surface area contributed by atoms with E-state index in [1.165, 1.54) is 22.1 Å². The van der Waals surface area contributed by atoms with Crippen LogP contribution < -0.4 is 0 Å². The van der Waals surface area contributed by atoms with Crippen LogP contribution in [0.25, 0.3) is 11.3 Å². The third-order valence-corrected chi connectivity index (χ3v) is 4.63. The molecule has 132 valence electrons. The second-order valence-corrected chi connectivity index (χ2v) is 6.04. The van der Waals surface area contributed by atoms with E-state index in [2.05, 4.69) is 5.10 Å². The molecule has 0 radical (unpaired) electrons. The second-order valence-electron chi connectivity index (χ2n) is 4.90. The Kier molecular flexibility index (Phi) is 5.69. The minimum atomic E-state index is -4.47. The van der Waals surface area contributed by atoms with Crippen molar-refractivity contribution >= 4 is 17.3 Å². The van der Waals surface area contributed by atoms with Crippen LogP contribution in [-0.2, 0) is 23.9 Å². The summed E-state index contributed by atoms with van der Waals surface area (Å²) < 4.78 is 45.8. The molecule has 0 spiro atoms. The number of aromatic nitrogens is 2. The summed E-state index contributed by atoms with van der Waals surface area (Å²) in [6.45, 7) is 6.35. The van der Waals surface area contributed by atoms with Crippen molar-refractivity contribution in [1.82, 2.24) is 9.78 Å². The molecule has 0 amide bonds. The molecule has 1 aliphatic rings. The Morgan fingerprint density at radius 2 is 2.12 bits per heavy atom. The van der Waals surface area contributed by atoms with Gasteiger partial charge in [-0.3, -0.25) is 4.68 Å². The lowest BCUT2D eigenvalue weighted by atomic mass is 10.1. The molecular weight excluding hydrogens is 341 g/mol. The van der Waals surface area contributed by atoms with Crippen molar-refractivity contribution < 1.29 is 22.7 Å². The summed E-state index contributed by atoms with van der Waals surface area (Å²) in [4.78, 5) is 12.9. The zero-order valence-electron chi connectivity index (χ0n) is 13.7. The second kappa shape index (κ2) is 7.38. The first kappa shape index (κ1) is 18.5. The topological polar surface area (TPSA) is 44.1 Å². The Balaban J connectivity index is 0.00000100. The quantitative estimate of drug-likeness (QED) is 0.724. The third-order valence-electron chi connectivity index (χ3n) is 3.46. The van der Waals surface area contributed by atoms with Crippen LogP contribution in [0.5, 0.6) is 0 Å². The van der Waals surface area contributed by atoms with Gasteiger partial charge < -0.3 is 4.74 Å². The maximum atomic E-state index is 13.2. The van der Waals surface area contributed by atoms with Gasteiger partial charge >= 0.3 is 12.1 Å². The molecule has 0 fully saturated rings. The van der Waals surface area contributed by atoms with Crippen LogP contribution in [0, 0.1) is 0 Å². The SMILES string of the molecule is CC.CCOC(=O)c1cc2c(s1)CCCn1ncc(C(F)(F)F)c1-2. The number of ether oxygens (including phenoxy) is 1. The Morgan fingerprint density at radius 3 is 2.75 bits per heavy atom. The van der Waals surface area contributed by atoms with Gasteiger partial charge in [0, 0.05) is 17.0 Å². The van der Waals surface area contributed by atoms with Crippen LogP contribution in [-0.4, -0.2) is 22.4 Å². The Bertz CT molecular complexity index is 719. The lowest BCUT2D eigenvalue weighted by molar-refractivity contribution is -0.137. The van der Waals surface area contributed by atoms with E-state index in [-0.39, 0.29) is 12.3 Å². The molecule has 0 aliphatic carbocycles. The van der Waals surface area contributed by atoms with E-state index in [4.69, 9.17) is 4.74 Å². The highest BCUT2D eigenvalue weighted by Crippen LogP contribution is 2.42. The molecular formula is C16H19F3N2O2S. The predicted octanol–water partition coefficient (Wildman–Crippen LogP) is 4.78. The zero-order valence-corrected chi connectivity index (χ0v) is 14.6. The summed E-state index contributed by atoms with van der Waals surface area (Å²) in [5.41, 5.74) is -0.272. The number of thiophene rings is 1. The summed E-state index contributed by atoms with van der Waals surface area (Å²) in [6.07, 6.45) is -2.31. The fourth-order valence-corrected chi connectivity index (χ4v) is 3.65. The number of hydrogen-bond acceptors (Lipinski definition) is 4. The van der Waals surface area contributed by atoms with Gasteiger partial charge in [0.05, 0.1) is 18.5 Å². The minimum absolute atomic E-state index is 0.0480. The molecule has 0 N–H and O–H groups in total. The van der Waals surface area contributed by atoms with Crippen LogP contribution in [0.3, 0.4) is 0 Å². The normalized spacial score (nSPS) is 13.2. The van der Waals surface area contributed by atoms with E-state index < -0.39 is 17.7 Å². The molecule has 0 bridgehead atoms. The highest BCUT2D eigenvalue weighted by atomic mass is 32.1. The molecule has 0 saturated heterocycles. The Hall–Kier alpha value is -1.83. The molecule has 2 aromatic rings. The largest absolute Gasteiger partial charge is 0.462 e. The van der Waals surface area contributed by atoms with Crippen molar-refractivity contribution in [3.8, 4) is 11.3 Å².